The second kappa shape index (κ2) is 5.68. The van der Waals surface area contributed by atoms with E-state index < -0.39 is 0 Å². The maximum atomic E-state index is 5.72. The minimum atomic E-state index is 0.389. The minimum absolute atomic E-state index is 0.389. The van der Waals surface area contributed by atoms with E-state index in [1.807, 2.05) is 0 Å². The molecule has 2 aliphatic rings. The van der Waals surface area contributed by atoms with Gasteiger partial charge in [-0.3, -0.25) is 4.90 Å². The average molecular weight is 240 g/mol. The molecule has 100 valence electrons. The Balaban J connectivity index is 1.96. The zero-order chi connectivity index (χ0) is 12.3. The molecule has 3 atom stereocenters. The minimum Gasteiger partial charge on any atom is -0.376 e. The quantitative estimate of drug-likeness (QED) is 0.813. The molecule has 0 amide bonds. The number of nitrogens with one attached hydrogen (secondary N) is 1. The van der Waals surface area contributed by atoms with Gasteiger partial charge in [-0.1, -0.05) is 13.3 Å². The lowest BCUT2D eigenvalue weighted by atomic mass is 9.90. The van der Waals surface area contributed by atoms with Crippen molar-refractivity contribution >= 4 is 0 Å². The topological polar surface area (TPSA) is 24.5 Å². The van der Waals surface area contributed by atoms with E-state index >= 15 is 0 Å². The van der Waals surface area contributed by atoms with Crippen LogP contribution in [0, 0.1) is 0 Å². The van der Waals surface area contributed by atoms with E-state index in [4.69, 9.17) is 4.74 Å². The third kappa shape index (κ3) is 3.21. The number of morpholine rings is 1. The Morgan fingerprint density at radius 3 is 2.88 bits per heavy atom. The Labute approximate surface area is 106 Å². The van der Waals surface area contributed by atoms with Crippen molar-refractivity contribution in [1.82, 2.24) is 10.2 Å². The molecule has 0 aliphatic carbocycles. The first-order valence-corrected chi connectivity index (χ1v) is 7.26. The van der Waals surface area contributed by atoms with Crippen molar-refractivity contribution in [2.75, 3.05) is 26.2 Å². The van der Waals surface area contributed by atoms with Crippen LogP contribution in [0.2, 0.25) is 0 Å². The SMILES string of the molecule is CCCC1(CN2CC(C)OCC2C)CCCN1. The van der Waals surface area contributed by atoms with Gasteiger partial charge in [0.25, 0.3) is 0 Å². The van der Waals surface area contributed by atoms with Gasteiger partial charge < -0.3 is 10.1 Å². The average Bonchev–Trinajstić information content (AvgIpc) is 2.73. The first-order chi connectivity index (χ1) is 8.15. The van der Waals surface area contributed by atoms with Crippen LogP contribution in [0.1, 0.15) is 46.5 Å². The van der Waals surface area contributed by atoms with Gasteiger partial charge in [0.05, 0.1) is 12.7 Å². The second-order valence-electron chi connectivity index (χ2n) is 5.98. The Bertz CT molecular complexity index is 238. The summed E-state index contributed by atoms with van der Waals surface area (Å²) in [5.74, 6) is 0. The van der Waals surface area contributed by atoms with E-state index in [1.165, 1.54) is 38.8 Å². The molecule has 3 nitrogen and oxygen atoms in total. The lowest BCUT2D eigenvalue weighted by Crippen LogP contribution is -2.56. The molecule has 1 N–H and O–H groups in total. The highest BCUT2D eigenvalue weighted by Gasteiger charge is 2.36. The Hall–Kier alpha value is -0.120. The van der Waals surface area contributed by atoms with Gasteiger partial charge in [-0.25, -0.2) is 0 Å². The highest BCUT2D eigenvalue weighted by atomic mass is 16.5. The summed E-state index contributed by atoms with van der Waals surface area (Å²) in [6.07, 6.45) is 5.67. The fraction of sp³-hybridized carbons (Fsp3) is 1.00. The molecule has 2 saturated heterocycles. The predicted molar refractivity (Wildman–Crippen MR) is 71.3 cm³/mol. The number of rotatable bonds is 4. The van der Waals surface area contributed by atoms with Crippen LogP contribution in [-0.4, -0.2) is 48.8 Å². The fourth-order valence-electron chi connectivity index (χ4n) is 3.36. The van der Waals surface area contributed by atoms with Crippen LogP contribution in [-0.2, 0) is 4.74 Å². The second-order valence-corrected chi connectivity index (χ2v) is 5.98. The molecule has 0 bridgehead atoms. The van der Waals surface area contributed by atoms with Crippen LogP contribution in [0.5, 0.6) is 0 Å². The molecule has 0 aromatic carbocycles. The molecule has 2 aliphatic heterocycles. The summed E-state index contributed by atoms with van der Waals surface area (Å²) in [5.41, 5.74) is 0.389. The fourth-order valence-corrected chi connectivity index (χ4v) is 3.36. The molecule has 2 heterocycles. The smallest absolute Gasteiger partial charge is 0.0674 e. The number of ether oxygens (including phenoxy) is 1. The molecule has 3 unspecified atom stereocenters. The third-order valence-corrected chi connectivity index (χ3v) is 4.30. The van der Waals surface area contributed by atoms with E-state index in [1.54, 1.807) is 0 Å². The van der Waals surface area contributed by atoms with Crippen LogP contribution in [0.3, 0.4) is 0 Å². The van der Waals surface area contributed by atoms with Crippen molar-refractivity contribution in [3.05, 3.63) is 0 Å². The van der Waals surface area contributed by atoms with E-state index in [-0.39, 0.29) is 0 Å². The largest absolute Gasteiger partial charge is 0.376 e. The van der Waals surface area contributed by atoms with Gasteiger partial charge in [0.1, 0.15) is 0 Å². The zero-order valence-corrected chi connectivity index (χ0v) is 11.7. The first kappa shape index (κ1) is 13.3. The summed E-state index contributed by atoms with van der Waals surface area (Å²) in [6.45, 7) is 11.2. The van der Waals surface area contributed by atoms with Crippen LogP contribution in [0.4, 0.5) is 0 Å². The van der Waals surface area contributed by atoms with E-state index in [9.17, 15) is 0 Å². The van der Waals surface area contributed by atoms with Gasteiger partial charge >= 0.3 is 0 Å². The van der Waals surface area contributed by atoms with Crippen molar-refractivity contribution in [3.8, 4) is 0 Å². The summed E-state index contributed by atoms with van der Waals surface area (Å²) < 4.78 is 5.72. The maximum Gasteiger partial charge on any atom is 0.0674 e. The lowest BCUT2D eigenvalue weighted by molar-refractivity contribution is -0.0578. The Morgan fingerprint density at radius 2 is 2.24 bits per heavy atom. The molecule has 0 aromatic rings. The van der Waals surface area contributed by atoms with Gasteiger partial charge in [-0.05, 0) is 39.7 Å². The van der Waals surface area contributed by atoms with E-state index in [0.29, 0.717) is 17.7 Å². The number of hydrogen-bond acceptors (Lipinski definition) is 3. The normalized spacial score (nSPS) is 39.7. The molecule has 2 rings (SSSR count). The van der Waals surface area contributed by atoms with Crippen LogP contribution in [0.25, 0.3) is 0 Å². The van der Waals surface area contributed by atoms with Gasteiger partial charge in [0.15, 0.2) is 0 Å². The van der Waals surface area contributed by atoms with Crippen molar-refractivity contribution in [3.63, 3.8) is 0 Å². The molecule has 3 heteroatoms. The maximum absolute atomic E-state index is 5.72. The van der Waals surface area contributed by atoms with Gasteiger partial charge in [0.2, 0.25) is 0 Å². The Morgan fingerprint density at radius 1 is 1.41 bits per heavy atom. The summed E-state index contributed by atoms with van der Waals surface area (Å²) in [4.78, 5) is 2.63. The molecule has 0 radical (unpaired) electrons. The molecular weight excluding hydrogens is 212 g/mol. The zero-order valence-electron chi connectivity index (χ0n) is 11.7. The van der Waals surface area contributed by atoms with Crippen LogP contribution >= 0.6 is 0 Å². The predicted octanol–water partition coefficient (Wildman–Crippen LogP) is 2.02. The number of nitrogens with zero attached hydrogens (tertiary/aromatic N) is 1. The lowest BCUT2D eigenvalue weighted by Gasteiger charge is -2.42. The van der Waals surface area contributed by atoms with Crippen molar-refractivity contribution in [2.45, 2.75) is 64.1 Å². The van der Waals surface area contributed by atoms with Crippen molar-refractivity contribution < 1.29 is 4.74 Å². The molecular formula is C14H28N2O. The van der Waals surface area contributed by atoms with Gasteiger partial charge in [-0.2, -0.15) is 0 Å². The molecule has 0 spiro atoms. The summed E-state index contributed by atoms with van der Waals surface area (Å²) in [6, 6.07) is 0.572. The van der Waals surface area contributed by atoms with Crippen LogP contribution in [0.15, 0.2) is 0 Å². The highest BCUT2D eigenvalue weighted by Crippen LogP contribution is 2.27. The molecule has 17 heavy (non-hydrogen) atoms. The third-order valence-electron chi connectivity index (χ3n) is 4.30. The molecule has 0 aromatic heterocycles. The van der Waals surface area contributed by atoms with Crippen molar-refractivity contribution in [2.24, 2.45) is 0 Å². The standard InChI is InChI=1S/C14H28N2O/c1-4-6-14(7-5-8-15-14)11-16-9-13(3)17-10-12(16)2/h12-13,15H,4-11H2,1-3H3. The van der Waals surface area contributed by atoms with Crippen molar-refractivity contribution in [1.29, 1.82) is 0 Å². The van der Waals surface area contributed by atoms with E-state index in [2.05, 4.69) is 31.0 Å². The molecule has 0 saturated carbocycles. The highest BCUT2D eigenvalue weighted by molar-refractivity contribution is 4.96. The summed E-state index contributed by atoms with van der Waals surface area (Å²) in [7, 11) is 0. The summed E-state index contributed by atoms with van der Waals surface area (Å²) in [5, 5.41) is 3.77. The number of hydrogen-bond donors (Lipinski definition) is 1. The monoisotopic (exact) mass is 240 g/mol. The Kier molecular flexibility index (Phi) is 4.45. The van der Waals surface area contributed by atoms with E-state index in [0.717, 1.165) is 13.2 Å². The molecule has 2 fully saturated rings. The first-order valence-electron chi connectivity index (χ1n) is 7.26. The summed E-state index contributed by atoms with van der Waals surface area (Å²) >= 11 is 0. The van der Waals surface area contributed by atoms with Gasteiger partial charge in [-0.15, -0.1) is 0 Å². The van der Waals surface area contributed by atoms with Crippen LogP contribution < -0.4 is 5.32 Å². The van der Waals surface area contributed by atoms with Gasteiger partial charge in [0, 0.05) is 24.7 Å².